The van der Waals surface area contributed by atoms with Crippen molar-refractivity contribution < 1.29 is 23.6 Å². The zero-order valence-corrected chi connectivity index (χ0v) is 16.0. The van der Waals surface area contributed by atoms with Gasteiger partial charge in [0.25, 0.3) is 0 Å². The Labute approximate surface area is 168 Å². The number of ether oxygens (including phenoxy) is 2. The van der Waals surface area contributed by atoms with Gasteiger partial charge in [-0.25, -0.2) is 9.59 Å². The summed E-state index contributed by atoms with van der Waals surface area (Å²) in [5, 5.41) is 14.8. The van der Waals surface area contributed by atoms with Gasteiger partial charge in [-0.05, 0) is 24.3 Å². The summed E-state index contributed by atoms with van der Waals surface area (Å²) in [7, 11) is 2.44. The van der Waals surface area contributed by atoms with Gasteiger partial charge in [-0.1, -0.05) is 34.4 Å². The van der Waals surface area contributed by atoms with Gasteiger partial charge in [-0.3, -0.25) is 0 Å². The van der Waals surface area contributed by atoms with E-state index in [0.717, 1.165) is 0 Å². The van der Waals surface area contributed by atoms with Crippen LogP contribution in [0, 0.1) is 0 Å². The van der Waals surface area contributed by atoms with Crippen molar-refractivity contribution in [3.63, 3.8) is 0 Å². The summed E-state index contributed by atoms with van der Waals surface area (Å²) in [6.07, 6.45) is 0. The summed E-state index contributed by atoms with van der Waals surface area (Å²) in [5.41, 5.74) is 0.401. The van der Waals surface area contributed by atoms with E-state index in [1.807, 2.05) is 0 Å². The van der Waals surface area contributed by atoms with Crippen molar-refractivity contribution in [3.8, 4) is 11.3 Å². The maximum Gasteiger partial charge on any atom is 0.358 e. The molecule has 28 heavy (non-hydrogen) atoms. The molecule has 144 valence electrons. The maximum atomic E-state index is 12.3. The highest BCUT2D eigenvalue weighted by atomic mass is 35.5. The largest absolute Gasteiger partial charge is 0.465 e. The Morgan fingerprint density at radius 2 is 1.68 bits per heavy atom. The summed E-state index contributed by atoms with van der Waals surface area (Å²) < 4.78 is 14.6. The van der Waals surface area contributed by atoms with Crippen LogP contribution in [-0.4, -0.2) is 41.5 Å². The molecule has 1 aromatic carbocycles. The predicted octanol–water partition coefficient (Wildman–Crippen LogP) is 3.76. The van der Waals surface area contributed by atoms with Gasteiger partial charge in [0.15, 0.2) is 17.1 Å². The average molecular weight is 423 g/mol. The second-order valence-electron chi connectivity index (χ2n) is 5.24. The molecule has 1 N–H and O–H groups in total. The Hall–Kier alpha value is -3.17. The van der Waals surface area contributed by atoms with Gasteiger partial charge in [0.1, 0.15) is 5.69 Å². The van der Waals surface area contributed by atoms with E-state index in [2.05, 4.69) is 25.4 Å². The van der Waals surface area contributed by atoms with Gasteiger partial charge in [0.05, 0.1) is 24.3 Å². The quantitative estimate of drug-likeness (QED) is 0.613. The lowest BCUT2D eigenvalue weighted by molar-refractivity contribution is 0.0587. The van der Waals surface area contributed by atoms with Gasteiger partial charge >= 0.3 is 11.9 Å². The van der Waals surface area contributed by atoms with Crippen LogP contribution in [-0.2, 0) is 9.47 Å². The second-order valence-corrected chi connectivity index (χ2v) is 6.06. The molecule has 0 spiro atoms. The minimum absolute atomic E-state index is 0.0161. The fraction of sp³-hybridized carbons (Fsp3) is 0.118. The van der Waals surface area contributed by atoms with E-state index >= 15 is 0 Å². The Morgan fingerprint density at radius 3 is 2.25 bits per heavy atom. The van der Waals surface area contributed by atoms with E-state index in [4.69, 9.17) is 32.5 Å². The number of rotatable bonds is 5. The molecule has 0 fully saturated rings. The van der Waals surface area contributed by atoms with E-state index in [9.17, 15) is 9.59 Å². The number of hydrogen-bond acceptors (Lipinski definition) is 9. The van der Waals surface area contributed by atoms with Crippen molar-refractivity contribution in [2.45, 2.75) is 0 Å². The SMILES string of the molecule is COC(=O)c1ccc(Nc2onc(-c3c(Cl)cccc3Cl)c2C(=O)OC)nn1. The molecule has 0 aliphatic heterocycles. The molecule has 3 aromatic rings. The topological polar surface area (TPSA) is 116 Å². The molecule has 0 saturated heterocycles. The summed E-state index contributed by atoms with van der Waals surface area (Å²) in [4.78, 5) is 23.8. The number of carbonyl (C=O) groups is 2. The molecule has 0 aliphatic carbocycles. The van der Waals surface area contributed by atoms with Crippen LogP contribution in [0.1, 0.15) is 20.8 Å². The molecule has 0 bridgehead atoms. The van der Waals surface area contributed by atoms with Gasteiger partial charge < -0.3 is 19.3 Å². The zero-order valence-electron chi connectivity index (χ0n) is 14.5. The number of halogens is 2. The van der Waals surface area contributed by atoms with E-state index < -0.39 is 11.9 Å². The van der Waals surface area contributed by atoms with Crippen LogP contribution in [0.2, 0.25) is 10.0 Å². The Morgan fingerprint density at radius 1 is 1.00 bits per heavy atom. The smallest absolute Gasteiger partial charge is 0.358 e. The standard InChI is InChI=1S/C17H12Cl2N4O5/c1-26-16(24)10-6-7-11(22-21-10)20-15-13(17(25)27-2)14(23-28-15)12-8(18)4-3-5-9(12)19/h3-7H,1-2H3,(H,20,22). The van der Waals surface area contributed by atoms with Gasteiger partial charge in [0, 0.05) is 5.56 Å². The number of esters is 2. The van der Waals surface area contributed by atoms with Crippen molar-refractivity contribution >= 4 is 46.8 Å². The summed E-state index contributed by atoms with van der Waals surface area (Å²) >= 11 is 12.4. The predicted molar refractivity (Wildman–Crippen MR) is 100.0 cm³/mol. The molecule has 2 heterocycles. The number of carbonyl (C=O) groups excluding carboxylic acids is 2. The van der Waals surface area contributed by atoms with Crippen molar-refractivity contribution in [2.24, 2.45) is 0 Å². The van der Waals surface area contributed by atoms with Crippen LogP contribution in [0.15, 0.2) is 34.9 Å². The minimum Gasteiger partial charge on any atom is -0.465 e. The Bertz CT molecular complexity index is 1020. The first-order valence-electron chi connectivity index (χ1n) is 7.67. The first-order chi connectivity index (χ1) is 13.5. The number of benzene rings is 1. The maximum absolute atomic E-state index is 12.3. The molecule has 2 aromatic heterocycles. The number of hydrogen-bond donors (Lipinski definition) is 1. The van der Waals surface area contributed by atoms with E-state index in [1.54, 1.807) is 18.2 Å². The first kappa shape index (κ1) is 19.6. The van der Waals surface area contributed by atoms with Crippen LogP contribution in [0.25, 0.3) is 11.3 Å². The van der Waals surface area contributed by atoms with Crippen LogP contribution in [0.5, 0.6) is 0 Å². The third-order valence-corrected chi connectivity index (χ3v) is 4.21. The summed E-state index contributed by atoms with van der Waals surface area (Å²) in [5.74, 6) is -1.23. The Kier molecular flexibility index (Phi) is 5.76. The molecule has 0 radical (unpaired) electrons. The highest BCUT2D eigenvalue weighted by Crippen LogP contribution is 2.39. The molecule has 0 saturated carbocycles. The molecule has 3 rings (SSSR count). The van der Waals surface area contributed by atoms with Crippen molar-refractivity contribution in [1.29, 1.82) is 0 Å². The van der Waals surface area contributed by atoms with Crippen molar-refractivity contribution in [3.05, 3.63) is 51.6 Å². The van der Waals surface area contributed by atoms with Gasteiger partial charge in [-0.2, -0.15) is 0 Å². The molecule has 0 aliphatic rings. The Balaban J connectivity index is 2.02. The molecule has 9 nitrogen and oxygen atoms in total. The lowest BCUT2D eigenvalue weighted by Gasteiger charge is -2.07. The number of nitrogens with one attached hydrogen (secondary N) is 1. The highest BCUT2D eigenvalue weighted by Gasteiger charge is 2.28. The average Bonchev–Trinajstić information content (AvgIpc) is 3.10. The van der Waals surface area contributed by atoms with E-state index in [0.29, 0.717) is 5.56 Å². The first-order valence-corrected chi connectivity index (χ1v) is 8.43. The van der Waals surface area contributed by atoms with E-state index in [1.165, 1.54) is 26.4 Å². The molecule has 0 unspecified atom stereocenters. The lowest BCUT2D eigenvalue weighted by Crippen LogP contribution is -2.08. The molecule has 11 heteroatoms. The summed E-state index contributed by atoms with van der Waals surface area (Å²) in [6, 6.07) is 7.70. The monoisotopic (exact) mass is 422 g/mol. The lowest BCUT2D eigenvalue weighted by atomic mass is 10.1. The second kappa shape index (κ2) is 8.24. The zero-order chi connectivity index (χ0) is 20.3. The number of nitrogens with zero attached hydrogens (tertiary/aromatic N) is 3. The highest BCUT2D eigenvalue weighted by molar-refractivity contribution is 6.39. The van der Waals surface area contributed by atoms with Crippen molar-refractivity contribution in [2.75, 3.05) is 19.5 Å². The molecular weight excluding hydrogens is 411 g/mol. The molecular formula is C17H12Cl2N4O5. The summed E-state index contributed by atoms with van der Waals surface area (Å²) in [6.45, 7) is 0. The van der Waals surface area contributed by atoms with Crippen LogP contribution in [0.3, 0.4) is 0 Å². The number of anilines is 2. The van der Waals surface area contributed by atoms with Crippen molar-refractivity contribution in [1.82, 2.24) is 15.4 Å². The van der Waals surface area contributed by atoms with E-state index in [-0.39, 0.29) is 38.7 Å². The third kappa shape index (κ3) is 3.75. The van der Waals surface area contributed by atoms with Crippen LogP contribution in [0.4, 0.5) is 11.7 Å². The van der Waals surface area contributed by atoms with Crippen LogP contribution >= 0.6 is 23.2 Å². The van der Waals surface area contributed by atoms with Gasteiger partial charge in [0.2, 0.25) is 5.88 Å². The molecule has 0 amide bonds. The molecule has 0 atom stereocenters. The van der Waals surface area contributed by atoms with Gasteiger partial charge in [-0.15, -0.1) is 10.2 Å². The van der Waals surface area contributed by atoms with Crippen LogP contribution < -0.4 is 5.32 Å². The number of methoxy groups -OCH3 is 2. The fourth-order valence-corrected chi connectivity index (χ4v) is 2.87. The minimum atomic E-state index is -0.728. The third-order valence-electron chi connectivity index (χ3n) is 3.58. The number of aromatic nitrogens is 3. The fourth-order valence-electron chi connectivity index (χ4n) is 2.29. The normalized spacial score (nSPS) is 10.4.